The molecule has 2 aliphatic heterocycles. The van der Waals surface area contributed by atoms with Crippen molar-refractivity contribution in [1.29, 1.82) is 0 Å². The van der Waals surface area contributed by atoms with E-state index in [0.29, 0.717) is 23.6 Å². The second-order valence-electron chi connectivity index (χ2n) is 10.8. The molecular weight excluding hydrogens is 488 g/mol. The Bertz CT molecular complexity index is 1210. The van der Waals surface area contributed by atoms with Gasteiger partial charge in [-0.25, -0.2) is 0 Å². The fraction of sp³-hybridized carbons (Fsp3) is 0.448. The van der Waals surface area contributed by atoms with Gasteiger partial charge in [-0.15, -0.1) is 0 Å². The molecule has 0 spiro atoms. The first-order chi connectivity index (χ1) is 17.8. The third kappa shape index (κ3) is 5.69. The van der Waals surface area contributed by atoms with Gasteiger partial charge in [0.05, 0.1) is 37.2 Å². The standard InChI is InChI=1S/C29H35ClN4O3/c1-29(2)17-23-27(25(35)18-29)28(20-7-3-4-8-21(20)30)34(24-10-6-5-9-22(24)32-23)19-26(36)31-11-12-33-13-15-37-16-14-33/h3-10,28,32H,11-19H2,1-2H3,(H,31,36). The number of hydrogen-bond acceptors (Lipinski definition) is 6. The number of allylic oxidation sites excluding steroid dienone is 1. The van der Waals surface area contributed by atoms with Gasteiger partial charge in [-0.1, -0.05) is 55.8 Å². The summed E-state index contributed by atoms with van der Waals surface area (Å²) in [5, 5.41) is 7.25. The van der Waals surface area contributed by atoms with Gasteiger partial charge in [0.15, 0.2) is 5.78 Å². The number of carbonyl (C=O) groups is 2. The average Bonchev–Trinajstić information content (AvgIpc) is 2.99. The number of ketones is 1. The fourth-order valence-corrected chi connectivity index (χ4v) is 5.88. The van der Waals surface area contributed by atoms with Crippen molar-refractivity contribution >= 4 is 34.7 Å². The van der Waals surface area contributed by atoms with Crippen LogP contribution in [0.3, 0.4) is 0 Å². The molecule has 3 aliphatic rings. The minimum Gasteiger partial charge on any atom is -0.379 e. The summed E-state index contributed by atoms with van der Waals surface area (Å²) in [6.45, 7) is 8.91. The monoisotopic (exact) mass is 522 g/mol. The molecule has 37 heavy (non-hydrogen) atoms. The number of morpholine rings is 1. The van der Waals surface area contributed by atoms with Crippen LogP contribution in [-0.2, 0) is 14.3 Å². The molecule has 2 heterocycles. The van der Waals surface area contributed by atoms with E-state index < -0.39 is 6.04 Å². The number of amides is 1. The van der Waals surface area contributed by atoms with E-state index in [4.69, 9.17) is 16.3 Å². The van der Waals surface area contributed by atoms with Crippen LogP contribution in [0, 0.1) is 5.41 Å². The van der Waals surface area contributed by atoms with Crippen LogP contribution in [0.25, 0.3) is 0 Å². The highest BCUT2D eigenvalue weighted by Gasteiger charge is 2.42. The third-order valence-electron chi connectivity index (χ3n) is 7.37. The first-order valence-electron chi connectivity index (χ1n) is 13.0. The smallest absolute Gasteiger partial charge is 0.239 e. The molecule has 0 bridgehead atoms. The number of ether oxygens (including phenoxy) is 1. The average molecular weight is 523 g/mol. The molecule has 1 unspecified atom stereocenters. The minimum atomic E-state index is -0.478. The highest BCUT2D eigenvalue weighted by atomic mass is 35.5. The van der Waals surface area contributed by atoms with Crippen LogP contribution >= 0.6 is 11.6 Å². The van der Waals surface area contributed by atoms with Gasteiger partial charge < -0.3 is 20.3 Å². The Hall–Kier alpha value is -2.87. The number of nitrogens with zero attached hydrogens (tertiary/aromatic N) is 2. The quantitative estimate of drug-likeness (QED) is 0.585. The van der Waals surface area contributed by atoms with Crippen LogP contribution in [-0.4, -0.2) is 62.5 Å². The maximum atomic E-state index is 13.7. The van der Waals surface area contributed by atoms with Crippen LogP contribution in [0.15, 0.2) is 59.8 Å². The summed E-state index contributed by atoms with van der Waals surface area (Å²) in [7, 11) is 0. The lowest BCUT2D eigenvalue weighted by atomic mass is 9.73. The van der Waals surface area contributed by atoms with E-state index in [0.717, 1.165) is 61.9 Å². The molecule has 7 nitrogen and oxygen atoms in total. The van der Waals surface area contributed by atoms with Crippen molar-refractivity contribution in [2.24, 2.45) is 5.41 Å². The van der Waals surface area contributed by atoms with E-state index in [-0.39, 0.29) is 23.7 Å². The molecule has 196 valence electrons. The summed E-state index contributed by atoms with van der Waals surface area (Å²) in [5.41, 5.74) is 4.03. The predicted molar refractivity (Wildman–Crippen MR) is 147 cm³/mol. The number of Topliss-reactive ketones (excluding diaryl/α,β-unsaturated/α-hetero) is 1. The second-order valence-corrected chi connectivity index (χ2v) is 11.2. The van der Waals surface area contributed by atoms with Crippen molar-refractivity contribution in [2.45, 2.75) is 32.7 Å². The molecule has 1 saturated heterocycles. The zero-order valence-corrected chi connectivity index (χ0v) is 22.3. The number of hydrogen-bond donors (Lipinski definition) is 2. The number of rotatable bonds is 6. The highest BCUT2D eigenvalue weighted by Crippen LogP contribution is 2.49. The van der Waals surface area contributed by atoms with Crippen LogP contribution in [0.4, 0.5) is 11.4 Å². The number of fused-ring (bicyclic) bond motifs is 1. The summed E-state index contributed by atoms with van der Waals surface area (Å²) in [6.07, 6.45) is 1.19. The lowest BCUT2D eigenvalue weighted by molar-refractivity contribution is -0.120. The molecule has 0 aromatic heterocycles. The summed E-state index contributed by atoms with van der Waals surface area (Å²) < 4.78 is 5.42. The Kier molecular flexibility index (Phi) is 7.56. The van der Waals surface area contributed by atoms with E-state index in [1.165, 1.54) is 0 Å². The molecule has 5 rings (SSSR count). The van der Waals surface area contributed by atoms with Gasteiger partial charge in [-0.3, -0.25) is 14.5 Å². The number of carbonyl (C=O) groups excluding carboxylic acids is 2. The van der Waals surface area contributed by atoms with Crippen molar-refractivity contribution in [2.75, 3.05) is 56.2 Å². The number of halogens is 1. The number of nitrogens with one attached hydrogen (secondary N) is 2. The zero-order valence-electron chi connectivity index (χ0n) is 21.6. The van der Waals surface area contributed by atoms with Gasteiger partial charge in [-0.05, 0) is 35.6 Å². The van der Waals surface area contributed by atoms with E-state index in [2.05, 4.69) is 29.4 Å². The van der Waals surface area contributed by atoms with Gasteiger partial charge in [0.25, 0.3) is 0 Å². The Morgan fingerprint density at radius 3 is 2.62 bits per heavy atom. The molecule has 8 heteroatoms. The van der Waals surface area contributed by atoms with E-state index in [1.54, 1.807) is 0 Å². The summed E-state index contributed by atoms with van der Waals surface area (Å²) >= 11 is 6.75. The predicted octanol–water partition coefficient (Wildman–Crippen LogP) is 4.40. The molecule has 1 amide bonds. The second kappa shape index (κ2) is 10.9. The molecule has 1 aliphatic carbocycles. The minimum absolute atomic E-state index is 0.0900. The fourth-order valence-electron chi connectivity index (χ4n) is 5.64. The summed E-state index contributed by atoms with van der Waals surface area (Å²) in [6, 6.07) is 15.1. The first kappa shape index (κ1) is 25.8. The SMILES string of the molecule is CC1(C)CC(=O)C2=C(C1)Nc1ccccc1N(CC(=O)NCCN1CCOCC1)C2c1ccccc1Cl. The first-order valence-corrected chi connectivity index (χ1v) is 13.4. The lowest BCUT2D eigenvalue weighted by Crippen LogP contribution is -2.45. The number of anilines is 2. The lowest BCUT2D eigenvalue weighted by Gasteiger charge is -2.38. The van der Waals surface area contributed by atoms with E-state index in [1.807, 2.05) is 53.4 Å². The van der Waals surface area contributed by atoms with Crippen LogP contribution < -0.4 is 15.5 Å². The highest BCUT2D eigenvalue weighted by molar-refractivity contribution is 6.31. The zero-order chi connectivity index (χ0) is 26.0. The van der Waals surface area contributed by atoms with Gasteiger partial charge in [-0.2, -0.15) is 0 Å². The van der Waals surface area contributed by atoms with Crippen LogP contribution in [0.5, 0.6) is 0 Å². The van der Waals surface area contributed by atoms with Gasteiger partial charge in [0, 0.05) is 48.9 Å². The van der Waals surface area contributed by atoms with Crippen molar-refractivity contribution in [3.8, 4) is 0 Å². The van der Waals surface area contributed by atoms with E-state index >= 15 is 0 Å². The van der Waals surface area contributed by atoms with Crippen molar-refractivity contribution in [3.63, 3.8) is 0 Å². The molecule has 2 N–H and O–H groups in total. The molecule has 0 radical (unpaired) electrons. The van der Waals surface area contributed by atoms with Crippen molar-refractivity contribution in [1.82, 2.24) is 10.2 Å². The number of para-hydroxylation sites is 2. The molecule has 2 aromatic rings. The maximum Gasteiger partial charge on any atom is 0.239 e. The van der Waals surface area contributed by atoms with Crippen molar-refractivity contribution in [3.05, 3.63) is 70.4 Å². The van der Waals surface area contributed by atoms with Crippen LogP contribution in [0.1, 0.15) is 38.3 Å². The Labute approximate surface area is 223 Å². The van der Waals surface area contributed by atoms with Crippen LogP contribution in [0.2, 0.25) is 5.02 Å². The van der Waals surface area contributed by atoms with Gasteiger partial charge in [0.1, 0.15) is 0 Å². The van der Waals surface area contributed by atoms with Gasteiger partial charge >= 0.3 is 0 Å². The molecule has 1 atom stereocenters. The topological polar surface area (TPSA) is 73.9 Å². The Balaban J connectivity index is 1.50. The molecule has 1 fully saturated rings. The summed E-state index contributed by atoms with van der Waals surface area (Å²) in [4.78, 5) is 31.4. The maximum absolute atomic E-state index is 13.7. The largest absolute Gasteiger partial charge is 0.379 e. The number of benzene rings is 2. The molecule has 0 saturated carbocycles. The molecular formula is C29H35ClN4O3. The Morgan fingerprint density at radius 2 is 1.84 bits per heavy atom. The Morgan fingerprint density at radius 1 is 1.11 bits per heavy atom. The molecule has 2 aromatic carbocycles. The van der Waals surface area contributed by atoms with Gasteiger partial charge in [0.2, 0.25) is 5.91 Å². The van der Waals surface area contributed by atoms with E-state index in [9.17, 15) is 9.59 Å². The third-order valence-corrected chi connectivity index (χ3v) is 7.72. The summed E-state index contributed by atoms with van der Waals surface area (Å²) in [5.74, 6) is 0.00181. The normalized spacial score (nSPS) is 21.5. The van der Waals surface area contributed by atoms with Crippen molar-refractivity contribution < 1.29 is 14.3 Å².